The fraction of sp³-hybridized carbons (Fsp3) is 1.00. The molecule has 0 aromatic rings. The molecule has 84 valence electrons. The van der Waals surface area contributed by atoms with Crippen molar-refractivity contribution in [1.29, 1.82) is 0 Å². The SMILES string of the molecule is BBB(BBBCCC)B(BB)BCCCC. The highest BCUT2D eigenvalue weighted by Crippen LogP contribution is 1.96. The Bertz CT molecular complexity index is 156. The fourth-order valence-electron chi connectivity index (χ4n) is 3.04. The van der Waals surface area contributed by atoms with Gasteiger partial charge in [-0.3, -0.25) is 0 Å². The molecular formula is C7H26B10. The summed E-state index contributed by atoms with van der Waals surface area (Å²) in [4.78, 5) is 0. The van der Waals surface area contributed by atoms with Gasteiger partial charge in [-0.15, -0.1) is 0 Å². The topological polar surface area (TPSA) is 0 Å². The largest absolute Gasteiger partial charge is 0.0857 e. The summed E-state index contributed by atoms with van der Waals surface area (Å²) in [6, 6.07) is 0. The van der Waals surface area contributed by atoms with Crippen LogP contribution in [0.25, 0.3) is 0 Å². The molecule has 0 amide bonds. The van der Waals surface area contributed by atoms with Gasteiger partial charge in [0, 0.05) is 41.0 Å². The van der Waals surface area contributed by atoms with Gasteiger partial charge in [-0.1, -0.05) is 45.8 Å². The Morgan fingerprint density at radius 2 is 1.65 bits per heavy atom. The van der Waals surface area contributed by atoms with Crippen LogP contribution in [-0.4, -0.2) is 70.8 Å². The summed E-state index contributed by atoms with van der Waals surface area (Å²) in [6.45, 7) is 4.61. The lowest BCUT2D eigenvalue weighted by atomic mass is 8.64. The third-order valence-electron chi connectivity index (χ3n) is 4.32. The van der Waals surface area contributed by atoms with Crippen LogP contribution in [0.4, 0.5) is 0 Å². The first kappa shape index (κ1) is 17.6. The van der Waals surface area contributed by atoms with Crippen molar-refractivity contribution in [2.75, 3.05) is 0 Å². The average Bonchev–Trinajstić information content (AvgIpc) is 2.36. The van der Waals surface area contributed by atoms with Crippen molar-refractivity contribution >= 4 is 70.8 Å². The minimum Gasteiger partial charge on any atom is -0.0857 e. The monoisotopic (exact) mass is 220 g/mol. The lowest BCUT2D eigenvalue weighted by molar-refractivity contribution is 0.882. The number of hydrogen-bond acceptors (Lipinski definition) is 0. The Kier molecular flexibility index (Phi) is 13.6. The summed E-state index contributed by atoms with van der Waals surface area (Å²) in [7, 11) is 13.5. The fourth-order valence-corrected chi connectivity index (χ4v) is 3.04. The van der Waals surface area contributed by atoms with Gasteiger partial charge in [0.15, 0.2) is 0 Å². The first-order valence-electron chi connectivity index (χ1n) is 8.29. The van der Waals surface area contributed by atoms with Crippen molar-refractivity contribution in [3.8, 4) is 0 Å². The molecule has 0 N–H and O–H groups in total. The van der Waals surface area contributed by atoms with Crippen molar-refractivity contribution in [3.63, 3.8) is 0 Å². The Morgan fingerprint density at radius 1 is 0.941 bits per heavy atom. The van der Waals surface area contributed by atoms with Crippen LogP contribution in [0.15, 0.2) is 0 Å². The van der Waals surface area contributed by atoms with Gasteiger partial charge in [-0.25, -0.2) is 0 Å². The quantitative estimate of drug-likeness (QED) is 0.237. The van der Waals surface area contributed by atoms with Crippen LogP contribution >= 0.6 is 0 Å². The predicted octanol–water partition coefficient (Wildman–Crippen LogP) is -3.37. The molecule has 0 unspecified atom stereocenters. The summed E-state index contributed by atoms with van der Waals surface area (Å²) < 4.78 is 0. The summed E-state index contributed by atoms with van der Waals surface area (Å²) in [6.07, 6.45) is 9.07. The van der Waals surface area contributed by atoms with E-state index in [0.717, 1.165) is 12.8 Å². The normalized spacial score (nSPS) is 9.06. The third kappa shape index (κ3) is 9.25. The number of hydrogen-bond donors (Lipinski definition) is 0. The first-order valence-corrected chi connectivity index (χ1v) is 8.29. The third-order valence-corrected chi connectivity index (χ3v) is 4.32. The zero-order valence-electron chi connectivity index (χ0n) is 12.9. The second-order valence-electron chi connectivity index (χ2n) is 5.68. The van der Waals surface area contributed by atoms with Crippen molar-refractivity contribution in [1.82, 2.24) is 0 Å². The standard InChI is InChI=1S/C7H26B10/c1-3-5-7-11-16(12-8)17(13-9)15-14-10-6-4-2/h10-15H,3-9H2,1-2H3. The van der Waals surface area contributed by atoms with E-state index in [1.165, 1.54) is 74.5 Å². The van der Waals surface area contributed by atoms with Crippen LogP contribution in [0.3, 0.4) is 0 Å². The molecule has 0 bridgehead atoms. The number of unbranched alkanes of at least 4 members (excludes halogenated alkanes) is 1. The van der Waals surface area contributed by atoms with E-state index in [9.17, 15) is 0 Å². The minimum absolute atomic E-state index is 1.01. The molecule has 0 saturated heterocycles. The molecule has 0 rings (SSSR count). The molecule has 0 radical (unpaired) electrons. The molecule has 0 aromatic carbocycles. The molecule has 0 aliphatic rings. The van der Waals surface area contributed by atoms with Gasteiger partial charge in [0.05, 0.1) is 29.8 Å². The molecule has 0 nitrogen and oxygen atoms in total. The lowest BCUT2D eigenvalue weighted by Crippen LogP contribution is -2.56. The van der Waals surface area contributed by atoms with Gasteiger partial charge >= 0.3 is 0 Å². The summed E-state index contributed by atoms with van der Waals surface area (Å²) in [5, 5.41) is 0. The van der Waals surface area contributed by atoms with Gasteiger partial charge in [-0.05, 0) is 0 Å². The van der Waals surface area contributed by atoms with E-state index in [0.29, 0.717) is 0 Å². The molecular weight excluding hydrogens is 192 g/mol. The van der Waals surface area contributed by atoms with Gasteiger partial charge in [0.2, 0.25) is 0 Å². The molecule has 0 heterocycles. The van der Waals surface area contributed by atoms with Crippen LogP contribution in [0.2, 0.25) is 12.6 Å². The maximum Gasteiger partial charge on any atom is 0.0776 e. The van der Waals surface area contributed by atoms with E-state index in [1.807, 2.05) is 0 Å². The Morgan fingerprint density at radius 3 is 2.18 bits per heavy atom. The summed E-state index contributed by atoms with van der Waals surface area (Å²) in [5.41, 5.74) is 0. The maximum absolute atomic E-state index is 2.40. The highest BCUT2D eigenvalue weighted by molar-refractivity contribution is 7.92. The average molecular weight is 218 g/mol. The second kappa shape index (κ2) is 13.1. The summed E-state index contributed by atoms with van der Waals surface area (Å²) >= 11 is 0. The minimum atomic E-state index is 1.01. The molecule has 0 fully saturated rings. The van der Waals surface area contributed by atoms with E-state index in [1.54, 1.807) is 0 Å². The predicted molar refractivity (Wildman–Crippen MR) is 106 cm³/mol. The van der Waals surface area contributed by atoms with E-state index in [4.69, 9.17) is 0 Å². The smallest absolute Gasteiger partial charge is 0.0776 e. The second-order valence-corrected chi connectivity index (χ2v) is 5.68. The van der Waals surface area contributed by atoms with Crippen LogP contribution in [0.5, 0.6) is 0 Å². The van der Waals surface area contributed by atoms with E-state index in [2.05, 4.69) is 29.3 Å². The molecule has 0 aliphatic heterocycles. The molecule has 0 saturated carbocycles. The summed E-state index contributed by atoms with van der Waals surface area (Å²) in [5.74, 6) is 0. The van der Waals surface area contributed by atoms with Crippen LogP contribution in [-0.2, 0) is 0 Å². The van der Waals surface area contributed by atoms with Gasteiger partial charge in [0.25, 0.3) is 0 Å². The van der Waals surface area contributed by atoms with Crippen molar-refractivity contribution in [2.45, 2.75) is 45.8 Å². The van der Waals surface area contributed by atoms with Crippen molar-refractivity contribution in [3.05, 3.63) is 0 Å². The molecule has 0 aliphatic carbocycles. The highest BCUT2D eigenvalue weighted by atomic mass is 13.7. The zero-order valence-corrected chi connectivity index (χ0v) is 12.9. The van der Waals surface area contributed by atoms with Gasteiger partial charge in [0.1, 0.15) is 0 Å². The first-order chi connectivity index (χ1) is 8.29. The number of rotatable bonds is 12. The lowest BCUT2D eigenvalue weighted by Gasteiger charge is -2.18. The van der Waals surface area contributed by atoms with E-state index in [-0.39, 0.29) is 0 Å². The maximum atomic E-state index is 2.40. The highest BCUT2D eigenvalue weighted by Gasteiger charge is 2.24. The Labute approximate surface area is 117 Å². The van der Waals surface area contributed by atoms with E-state index < -0.39 is 0 Å². The molecule has 0 aromatic heterocycles. The van der Waals surface area contributed by atoms with Crippen molar-refractivity contribution in [2.24, 2.45) is 0 Å². The Hall–Kier alpha value is 0.649. The van der Waals surface area contributed by atoms with Crippen LogP contribution in [0.1, 0.15) is 33.1 Å². The van der Waals surface area contributed by atoms with Gasteiger partial charge < -0.3 is 0 Å². The molecule has 0 atom stereocenters. The zero-order chi connectivity index (χ0) is 12.9. The Balaban J connectivity index is 3.83. The van der Waals surface area contributed by atoms with Crippen LogP contribution in [0, 0.1) is 0 Å². The van der Waals surface area contributed by atoms with Gasteiger partial charge in [-0.2, -0.15) is 0 Å². The molecule has 17 heavy (non-hydrogen) atoms. The molecule has 0 spiro atoms. The molecule has 10 heteroatoms. The van der Waals surface area contributed by atoms with E-state index >= 15 is 0 Å². The van der Waals surface area contributed by atoms with Crippen molar-refractivity contribution < 1.29 is 0 Å². The van der Waals surface area contributed by atoms with Crippen LogP contribution < -0.4 is 0 Å².